The first-order valence-electron chi connectivity index (χ1n) is 10.1. The fourth-order valence-corrected chi connectivity index (χ4v) is 5.22. The van der Waals surface area contributed by atoms with Gasteiger partial charge in [-0.3, -0.25) is 14.5 Å². The van der Waals surface area contributed by atoms with Gasteiger partial charge in [0.1, 0.15) is 16.4 Å². The maximum Gasteiger partial charge on any atom is 0.261 e. The molecular formula is C22H26N4O3S. The Morgan fingerprint density at radius 1 is 1.27 bits per heavy atom. The van der Waals surface area contributed by atoms with E-state index in [1.54, 1.807) is 21.0 Å². The van der Waals surface area contributed by atoms with Gasteiger partial charge in [-0.25, -0.2) is 4.98 Å². The van der Waals surface area contributed by atoms with E-state index in [1.807, 2.05) is 12.1 Å². The Labute approximate surface area is 179 Å². The molecule has 2 N–H and O–H groups in total. The first-order valence-corrected chi connectivity index (χ1v) is 11.0. The summed E-state index contributed by atoms with van der Waals surface area (Å²) in [6.45, 7) is 6.09. The number of hydrogen-bond acceptors (Lipinski definition) is 6. The lowest BCUT2D eigenvalue weighted by atomic mass is 10.0. The van der Waals surface area contributed by atoms with E-state index in [4.69, 9.17) is 4.74 Å². The van der Waals surface area contributed by atoms with Crippen LogP contribution >= 0.6 is 11.3 Å². The predicted molar refractivity (Wildman–Crippen MR) is 119 cm³/mol. The van der Waals surface area contributed by atoms with Crippen molar-refractivity contribution in [1.29, 1.82) is 0 Å². The topological polar surface area (TPSA) is 87.3 Å². The van der Waals surface area contributed by atoms with E-state index < -0.39 is 0 Å². The summed E-state index contributed by atoms with van der Waals surface area (Å²) in [6, 6.07) is 8.13. The van der Waals surface area contributed by atoms with E-state index in [2.05, 4.69) is 32.3 Å². The molecular weight excluding hydrogens is 400 g/mol. The van der Waals surface area contributed by atoms with Gasteiger partial charge in [-0.2, -0.15) is 0 Å². The number of nitrogens with one attached hydrogen (secondary N) is 2. The molecule has 158 valence electrons. The number of rotatable bonds is 6. The fourth-order valence-electron chi connectivity index (χ4n) is 4.07. The van der Waals surface area contributed by atoms with Crippen LogP contribution in [0.1, 0.15) is 45.5 Å². The molecule has 2 aromatic heterocycles. The normalized spacial score (nSPS) is 15.4. The Morgan fingerprint density at radius 2 is 1.97 bits per heavy atom. The quantitative estimate of drug-likeness (QED) is 0.632. The summed E-state index contributed by atoms with van der Waals surface area (Å²) in [5.41, 5.74) is 1.64. The van der Waals surface area contributed by atoms with Gasteiger partial charge in [-0.1, -0.05) is 12.1 Å². The molecule has 0 spiro atoms. The van der Waals surface area contributed by atoms with E-state index in [0.29, 0.717) is 33.0 Å². The lowest BCUT2D eigenvalue weighted by molar-refractivity contribution is 0.0941. The number of thiophene rings is 1. The van der Waals surface area contributed by atoms with Crippen molar-refractivity contribution in [2.45, 2.75) is 32.7 Å². The van der Waals surface area contributed by atoms with Crippen LogP contribution in [0.4, 0.5) is 0 Å². The summed E-state index contributed by atoms with van der Waals surface area (Å²) in [7, 11) is 1.65. The molecule has 1 fully saturated rings. The maximum atomic E-state index is 13.0. The third kappa shape index (κ3) is 3.97. The summed E-state index contributed by atoms with van der Waals surface area (Å²) in [6.07, 6.45) is 2.34. The molecule has 0 saturated carbocycles. The van der Waals surface area contributed by atoms with E-state index in [0.717, 1.165) is 24.4 Å². The van der Waals surface area contributed by atoms with Crippen LogP contribution in [-0.2, 0) is 0 Å². The Kier molecular flexibility index (Phi) is 5.87. The van der Waals surface area contributed by atoms with Gasteiger partial charge in [0.15, 0.2) is 0 Å². The summed E-state index contributed by atoms with van der Waals surface area (Å²) >= 11 is 1.27. The van der Waals surface area contributed by atoms with Gasteiger partial charge < -0.3 is 15.0 Å². The van der Waals surface area contributed by atoms with Crippen molar-refractivity contribution in [2.24, 2.45) is 0 Å². The number of aromatic nitrogens is 2. The van der Waals surface area contributed by atoms with E-state index in [-0.39, 0.29) is 17.5 Å². The fraction of sp³-hybridized carbons (Fsp3) is 0.409. The monoisotopic (exact) mass is 426 g/mol. The Balaban J connectivity index is 1.56. The Morgan fingerprint density at radius 3 is 2.63 bits per heavy atom. The van der Waals surface area contributed by atoms with Crippen LogP contribution in [-0.4, -0.2) is 47.5 Å². The summed E-state index contributed by atoms with van der Waals surface area (Å²) in [5.74, 6) is 1.21. The molecule has 0 unspecified atom stereocenters. The minimum Gasteiger partial charge on any atom is -0.497 e. The predicted octanol–water partition coefficient (Wildman–Crippen LogP) is 3.18. The van der Waals surface area contributed by atoms with Gasteiger partial charge in [0, 0.05) is 6.54 Å². The third-order valence-electron chi connectivity index (χ3n) is 5.66. The second-order valence-electron chi connectivity index (χ2n) is 7.63. The minimum atomic E-state index is -0.196. The smallest absolute Gasteiger partial charge is 0.261 e. The molecule has 30 heavy (non-hydrogen) atoms. The molecule has 1 atom stereocenters. The molecule has 0 bridgehead atoms. The highest BCUT2D eigenvalue weighted by molar-refractivity contribution is 7.20. The van der Waals surface area contributed by atoms with Crippen molar-refractivity contribution in [3.05, 3.63) is 56.4 Å². The number of carbonyl (C=O) groups excluding carboxylic acids is 1. The number of H-pyrrole nitrogens is 1. The van der Waals surface area contributed by atoms with E-state index in [1.165, 1.54) is 24.2 Å². The van der Waals surface area contributed by atoms with Crippen LogP contribution in [0.5, 0.6) is 5.75 Å². The highest BCUT2D eigenvalue weighted by Gasteiger charge is 2.25. The SMILES string of the molecule is COc1ccc([C@@H](CNC(=O)c2sc3nc(C)[nH]c(=O)c3c2C)N2CCCC2)cc1. The number of aryl methyl sites for hydroxylation is 2. The minimum absolute atomic E-state index is 0.0980. The van der Waals surface area contributed by atoms with Crippen LogP contribution < -0.4 is 15.6 Å². The Bertz CT molecular complexity index is 1110. The number of fused-ring (bicyclic) bond motifs is 1. The summed E-state index contributed by atoms with van der Waals surface area (Å²) in [5, 5.41) is 3.60. The van der Waals surface area contributed by atoms with Crippen LogP contribution in [0.15, 0.2) is 29.1 Å². The van der Waals surface area contributed by atoms with Crippen LogP contribution in [0.2, 0.25) is 0 Å². The number of nitrogens with zero attached hydrogens (tertiary/aromatic N) is 2. The summed E-state index contributed by atoms with van der Waals surface area (Å²) in [4.78, 5) is 36.0. The number of ether oxygens (including phenoxy) is 1. The molecule has 1 aromatic carbocycles. The molecule has 1 amide bonds. The second-order valence-corrected chi connectivity index (χ2v) is 8.63. The maximum absolute atomic E-state index is 13.0. The van der Waals surface area contributed by atoms with Crippen molar-refractivity contribution in [2.75, 3.05) is 26.7 Å². The van der Waals surface area contributed by atoms with E-state index >= 15 is 0 Å². The molecule has 3 heterocycles. The first-order chi connectivity index (χ1) is 14.5. The van der Waals surface area contributed by atoms with Gasteiger partial charge in [-0.05, 0) is 63.0 Å². The average molecular weight is 427 g/mol. The van der Waals surface area contributed by atoms with E-state index in [9.17, 15) is 9.59 Å². The van der Waals surface area contributed by atoms with Gasteiger partial charge in [0.05, 0.1) is 23.4 Å². The third-order valence-corrected chi connectivity index (χ3v) is 6.85. The molecule has 1 aliphatic heterocycles. The van der Waals surface area contributed by atoms with Crippen molar-refractivity contribution in [3.8, 4) is 5.75 Å². The molecule has 7 nitrogen and oxygen atoms in total. The van der Waals surface area contributed by atoms with Crippen LogP contribution in [0, 0.1) is 13.8 Å². The van der Waals surface area contributed by atoms with Crippen LogP contribution in [0.25, 0.3) is 10.2 Å². The molecule has 1 aliphatic rings. The lowest BCUT2D eigenvalue weighted by Gasteiger charge is -2.28. The largest absolute Gasteiger partial charge is 0.497 e. The van der Waals surface area contributed by atoms with Gasteiger partial charge >= 0.3 is 0 Å². The zero-order valence-electron chi connectivity index (χ0n) is 17.4. The molecule has 0 aliphatic carbocycles. The zero-order chi connectivity index (χ0) is 21.3. The number of benzene rings is 1. The van der Waals surface area contributed by atoms with Crippen LogP contribution in [0.3, 0.4) is 0 Å². The molecule has 4 rings (SSSR count). The van der Waals surface area contributed by atoms with Gasteiger partial charge in [0.2, 0.25) is 0 Å². The Hall–Kier alpha value is -2.71. The molecule has 8 heteroatoms. The highest BCUT2D eigenvalue weighted by atomic mass is 32.1. The molecule has 0 radical (unpaired) electrons. The van der Waals surface area contributed by atoms with Crippen molar-refractivity contribution < 1.29 is 9.53 Å². The van der Waals surface area contributed by atoms with Crippen molar-refractivity contribution in [3.63, 3.8) is 0 Å². The number of likely N-dealkylation sites (tertiary alicyclic amines) is 1. The van der Waals surface area contributed by atoms with Gasteiger partial charge in [0.25, 0.3) is 11.5 Å². The number of methoxy groups -OCH3 is 1. The first kappa shape index (κ1) is 20.6. The zero-order valence-corrected chi connectivity index (χ0v) is 18.3. The molecule has 1 saturated heterocycles. The summed E-state index contributed by atoms with van der Waals surface area (Å²) < 4.78 is 5.27. The van der Waals surface area contributed by atoms with Gasteiger partial charge in [-0.15, -0.1) is 11.3 Å². The molecule has 3 aromatic rings. The number of aromatic amines is 1. The number of carbonyl (C=O) groups is 1. The average Bonchev–Trinajstić information content (AvgIpc) is 3.37. The number of hydrogen-bond donors (Lipinski definition) is 2. The van der Waals surface area contributed by atoms with Crippen molar-refractivity contribution >= 4 is 27.5 Å². The van der Waals surface area contributed by atoms with Crippen molar-refractivity contribution in [1.82, 2.24) is 20.2 Å². The highest BCUT2D eigenvalue weighted by Crippen LogP contribution is 2.29. The lowest BCUT2D eigenvalue weighted by Crippen LogP contribution is -2.36. The standard InChI is InChI=1S/C22H26N4O3S/c1-13-18-20(27)24-14(2)25-22(18)30-19(13)21(28)23-12-17(26-10-4-5-11-26)15-6-8-16(29-3)9-7-15/h6-9,17H,4-5,10-12H2,1-3H3,(H,23,28)(H,24,25,27)/t17-/m1/s1. The second kappa shape index (κ2) is 8.57. The number of amides is 1.